The van der Waals surface area contributed by atoms with Crippen LogP contribution in [0.4, 0.5) is 0 Å². The Kier molecular flexibility index (Phi) is 5.72. The molecule has 1 amide bonds. The summed E-state index contributed by atoms with van der Waals surface area (Å²) in [6.07, 6.45) is 5.06. The summed E-state index contributed by atoms with van der Waals surface area (Å²) in [7, 11) is 0. The standard InChI is InChI=1S/C19H30N8O/c1-15-3-7-24(8-4-15)12-16-11-17-13-25(9-10-27(17)22-16)19(28)18-14-26(23-21-18)6-2-5-20/h11,14-15H,2-10,12-13,20H2,1H3. The van der Waals surface area contributed by atoms with E-state index in [-0.39, 0.29) is 5.91 Å². The molecule has 0 spiro atoms. The van der Waals surface area contributed by atoms with Crippen molar-refractivity contribution in [1.29, 1.82) is 0 Å². The van der Waals surface area contributed by atoms with E-state index >= 15 is 0 Å². The van der Waals surface area contributed by atoms with Crippen molar-refractivity contribution < 1.29 is 4.79 Å². The number of piperidine rings is 1. The van der Waals surface area contributed by atoms with Crippen LogP contribution in [0.1, 0.15) is 48.1 Å². The molecule has 0 atom stereocenters. The van der Waals surface area contributed by atoms with Gasteiger partial charge in [0.05, 0.1) is 30.7 Å². The molecule has 9 nitrogen and oxygen atoms in total. The summed E-state index contributed by atoms with van der Waals surface area (Å²) in [6, 6.07) is 2.15. The van der Waals surface area contributed by atoms with Crippen molar-refractivity contribution in [2.45, 2.75) is 52.4 Å². The van der Waals surface area contributed by atoms with E-state index in [1.807, 2.05) is 9.58 Å². The summed E-state index contributed by atoms with van der Waals surface area (Å²) in [5, 5.41) is 12.8. The van der Waals surface area contributed by atoms with Gasteiger partial charge in [-0.1, -0.05) is 12.1 Å². The Hall–Kier alpha value is -2.26. The van der Waals surface area contributed by atoms with Gasteiger partial charge < -0.3 is 10.6 Å². The molecule has 0 radical (unpaired) electrons. The summed E-state index contributed by atoms with van der Waals surface area (Å²) in [5.41, 5.74) is 8.12. The summed E-state index contributed by atoms with van der Waals surface area (Å²) in [4.78, 5) is 17.1. The summed E-state index contributed by atoms with van der Waals surface area (Å²) < 4.78 is 3.73. The monoisotopic (exact) mass is 386 g/mol. The molecule has 4 rings (SSSR count). The molecule has 2 aromatic rings. The van der Waals surface area contributed by atoms with Crippen LogP contribution >= 0.6 is 0 Å². The lowest BCUT2D eigenvalue weighted by Crippen LogP contribution is -2.38. The molecule has 1 fully saturated rings. The molecule has 2 aliphatic heterocycles. The molecule has 0 aliphatic carbocycles. The van der Waals surface area contributed by atoms with Gasteiger partial charge in [0.25, 0.3) is 5.91 Å². The maximum Gasteiger partial charge on any atom is 0.276 e. The minimum Gasteiger partial charge on any atom is -0.330 e. The van der Waals surface area contributed by atoms with Crippen LogP contribution in [0.15, 0.2) is 12.3 Å². The van der Waals surface area contributed by atoms with Gasteiger partial charge >= 0.3 is 0 Å². The Morgan fingerprint density at radius 1 is 1.25 bits per heavy atom. The minimum atomic E-state index is -0.0713. The van der Waals surface area contributed by atoms with Gasteiger partial charge in [0.15, 0.2) is 5.69 Å². The minimum absolute atomic E-state index is 0.0713. The number of hydrogen-bond donors (Lipinski definition) is 1. The second kappa shape index (κ2) is 8.40. The fraction of sp³-hybridized carbons (Fsp3) is 0.684. The first-order valence-corrected chi connectivity index (χ1v) is 10.3. The van der Waals surface area contributed by atoms with Gasteiger partial charge in [-0.25, -0.2) is 0 Å². The molecule has 2 aliphatic rings. The highest BCUT2D eigenvalue weighted by molar-refractivity contribution is 5.91. The van der Waals surface area contributed by atoms with Gasteiger partial charge in [-0.15, -0.1) is 5.10 Å². The third-order valence-corrected chi connectivity index (χ3v) is 5.75. The number of carbonyl (C=O) groups excluding carboxylic acids is 1. The number of hydrogen-bond acceptors (Lipinski definition) is 6. The molecule has 1 saturated heterocycles. The van der Waals surface area contributed by atoms with Crippen LogP contribution in [0.25, 0.3) is 0 Å². The first-order chi connectivity index (χ1) is 13.6. The lowest BCUT2D eigenvalue weighted by atomic mass is 9.99. The van der Waals surface area contributed by atoms with Gasteiger partial charge in [-0.2, -0.15) is 5.10 Å². The molecule has 0 unspecified atom stereocenters. The average Bonchev–Trinajstić information content (AvgIpc) is 3.33. The quantitative estimate of drug-likeness (QED) is 0.785. The zero-order valence-electron chi connectivity index (χ0n) is 16.6. The second-order valence-corrected chi connectivity index (χ2v) is 8.04. The molecular formula is C19H30N8O. The molecule has 2 N–H and O–H groups in total. The summed E-state index contributed by atoms with van der Waals surface area (Å²) in [6.45, 7) is 8.73. The lowest BCUT2D eigenvalue weighted by Gasteiger charge is -2.29. The number of carbonyl (C=O) groups is 1. The molecule has 28 heavy (non-hydrogen) atoms. The predicted octanol–water partition coefficient (Wildman–Crippen LogP) is 0.711. The lowest BCUT2D eigenvalue weighted by molar-refractivity contribution is 0.0700. The maximum atomic E-state index is 12.8. The molecule has 0 aromatic carbocycles. The summed E-state index contributed by atoms with van der Waals surface area (Å²) in [5.74, 6) is 0.761. The van der Waals surface area contributed by atoms with Crippen molar-refractivity contribution in [2.75, 3.05) is 26.2 Å². The SMILES string of the molecule is CC1CCN(Cc2cc3n(n2)CCN(C(=O)c2cn(CCCN)nn2)C3)CC1. The molecule has 152 valence electrons. The number of rotatable bonds is 6. The predicted molar refractivity (Wildman–Crippen MR) is 104 cm³/mol. The largest absolute Gasteiger partial charge is 0.330 e. The highest BCUT2D eigenvalue weighted by atomic mass is 16.2. The number of nitrogens with two attached hydrogens (primary N) is 1. The third-order valence-electron chi connectivity index (χ3n) is 5.75. The topological polar surface area (TPSA) is 98.1 Å². The number of aromatic nitrogens is 5. The van der Waals surface area contributed by atoms with Crippen molar-refractivity contribution in [3.8, 4) is 0 Å². The first-order valence-electron chi connectivity index (χ1n) is 10.3. The van der Waals surface area contributed by atoms with Crippen molar-refractivity contribution in [1.82, 2.24) is 34.6 Å². The fourth-order valence-electron chi connectivity index (χ4n) is 3.95. The molecule has 2 aromatic heterocycles. The Balaban J connectivity index is 1.37. The van der Waals surface area contributed by atoms with E-state index < -0.39 is 0 Å². The molecule has 0 bridgehead atoms. The van der Waals surface area contributed by atoms with Crippen molar-refractivity contribution in [3.63, 3.8) is 0 Å². The van der Waals surface area contributed by atoms with Gasteiger partial charge in [0.1, 0.15) is 0 Å². The van der Waals surface area contributed by atoms with Gasteiger partial charge in [-0.3, -0.25) is 19.1 Å². The third kappa shape index (κ3) is 4.25. The maximum absolute atomic E-state index is 12.8. The Morgan fingerprint density at radius 2 is 2.07 bits per heavy atom. The molecule has 9 heteroatoms. The van der Waals surface area contributed by atoms with Crippen LogP contribution in [0, 0.1) is 5.92 Å². The van der Waals surface area contributed by atoms with E-state index in [1.54, 1.807) is 10.9 Å². The van der Waals surface area contributed by atoms with Gasteiger partial charge in [0.2, 0.25) is 0 Å². The number of fused-ring (bicyclic) bond motifs is 1. The van der Waals surface area contributed by atoms with Crippen LogP contribution in [-0.2, 0) is 26.2 Å². The Labute approximate surface area is 165 Å². The highest BCUT2D eigenvalue weighted by Crippen LogP contribution is 2.20. The average molecular weight is 387 g/mol. The van der Waals surface area contributed by atoms with Crippen molar-refractivity contribution >= 4 is 5.91 Å². The normalized spacial score (nSPS) is 18.4. The number of nitrogens with zero attached hydrogens (tertiary/aromatic N) is 7. The Bertz CT molecular complexity index is 805. The van der Waals surface area contributed by atoms with E-state index in [4.69, 9.17) is 10.8 Å². The number of aryl methyl sites for hydroxylation is 1. The molecule has 4 heterocycles. The molecule has 0 saturated carbocycles. The zero-order valence-corrected chi connectivity index (χ0v) is 16.6. The molecular weight excluding hydrogens is 356 g/mol. The van der Waals surface area contributed by atoms with Crippen LogP contribution in [0.3, 0.4) is 0 Å². The van der Waals surface area contributed by atoms with E-state index in [1.165, 1.54) is 12.8 Å². The van der Waals surface area contributed by atoms with Gasteiger partial charge in [0, 0.05) is 19.6 Å². The van der Waals surface area contributed by atoms with Crippen LogP contribution in [0.5, 0.6) is 0 Å². The van der Waals surface area contributed by atoms with Crippen LogP contribution < -0.4 is 5.73 Å². The fourth-order valence-corrected chi connectivity index (χ4v) is 3.95. The van der Waals surface area contributed by atoms with Crippen LogP contribution in [-0.4, -0.2) is 66.7 Å². The number of likely N-dealkylation sites (tertiary alicyclic amines) is 1. The van der Waals surface area contributed by atoms with E-state index in [9.17, 15) is 4.79 Å². The van der Waals surface area contributed by atoms with E-state index in [2.05, 4.69) is 28.2 Å². The van der Waals surface area contributed by atoms with Crippen LogP contribution in [0.2, 0.25) is 0 Å². The van der Waals surface area contributed by atoms with E-state index in [0.717, 1.165) is 49.9 Å². The van der Waals surface area contributed by atoms with Crippen molar-refractivity contribution in [3.05, 3.63) is 29.3 Å². The smallest absolute Gasteiger partial charge is 0.276 e. The van der Waals surface area contributed by atoms with Crippen molar-refractivity contribution in [2.24, 2.45) is 11.7 Å². The highest BCUT2D eigenvalue weighted by Gasteiger charge is 2.26. The Morgan fingerprint density at radius 3 is 2.86 bits per heavy atom. The van der Waals surface area contributed by atoms with Gasteiger partial charge in [-0.05, 0) is 50.9 Å². The first kappa shape index (κ1) is 19.1. The second-order valence-electron chi connectivity index (χ2n) is 8.04. The summed E-state index contributed by atoms with van der Waals surface area (Å²) >= 11 is 0. The zero-order chi connectivity index (χ0) is 19.5. The van der Waals surface area contributed by atoms with E-state index in [0.29, 0.717) is 31.9 Å². The number of amides is 1.